The van der Waals surface area contributed by atoms with Gasteiger partial charge in [-0.1, -0.05) is 6.92 Å². The van der Waals surface area contributed by atoms with Crippen molar-refractivity contribution in [3.8, 4) is 0 Å². The molecule has 2 aliphatic heterocycles. The Hall–Kier alpha value is -1.43. The predicted octanol–water partition coefficient (Wildman–Crippen LogP) is 0.923. The number of carbonyl (C=O) groups excluding carboxylic acids is 1. The van der Waals surface area contributed by atoms with E-state index in [0.717, 1.165) is 31.8 Å². The third-order valence-electron chi connectivity index (χ3n) is 4.69. The lowest BCUT2D eigenvalue weighted by Gasteiger charge is -2.45. The van der Waals surface area contributed by atoms with Gasteiger partial charge in [0.2, 0.25) is 5.82 Å². The monoisotopic (exact) mass is 277 g/mol. The van der Waals surface area contributed by atoms with E-state index in [2.05, 4.69) is 27.1 Å². The Morgan fingerprint density at radius 2 is 2.25 bits per heavy atom. The molecule has 1 aromatic heterocycles. The van der Waals surface area contributed by atoms with Gasteiger partial charge in [-0.05, 0) is 38.8 Å². The summed E-state index contributed by atoms with van der Waals surface area (Å²) in [6.45, 7) is 4.86. The molecule has 2 aliphatic rings. The van der Waals surface area contributed by atoms with Crippen LogP contribution in [-0.4, -0.2) is 63.6 Å². The maximum absolute atomic E-state index is 12.5. The Balaban J connectivity index is 1.68. The molecule has 2 unspecified atom stereocenters. The standard InChI is InChI=1S/C14H23N5O/c1-3-12-15-13(17-16-12)14(20)19-8-6-11-10(9-19)5-4-7-18(11)2/h10-11H,3-9H2,1-2H3,(H,15,16,17). The molecule has 0 aromatic carbocycles. The molecule has 1 N–H and O–H groups in total. The van der Waals surface area contributed by atoms with Crippen molar-refractivity contribution in [1.82, 2.24) is 25.0 Å². The van der Waals surface area contributed by atoms with E-state index in [1.54, 1.807) is 0 Å². The highest BCUT2D eigenvalue weighted by atomic mass is 16.2. The molecule has 0 aliphatic carbocycles. The number of hydrogen-bond acceptors (Lipinski definition) is 4. The number of hydrogen-bond donors (Lipinski definition) is 1. The van der Waals surface area contributed by atoms with E-state index in [4.69, 9.17) is 0 Å². The minimum atomic E-state index is -0.0207. The van der Waals surface area contributed by atoms with Crippen LogP contribution in [0.4, 0.5) is 0 Å². The number of fused-ring (bicyclic) bond motifs is 1. The molecular formula is C14H23N5O. The summed E-state index contributed by atoms with van der Waals surface area (Å²) in [5.74, 6) is 1.69. The fraction of sp³-hybridized carbons (Fsp3) is 0.786. The first kappa shape index (κ1) is 13.5. The molecule has 110 valence electrons. The summed E-state index contributed by atoms with van der Waals surface area (Å²) in [4.78, 5) is 21.1. The van der Waals surface area contributed by atoms with E-state index in [-0.39, 0.29) is 5.91 Å². The van der Waals surface area contributed by atoms with Gasteiger partial charge in [0.15, 0.2) is 0 Å². The van der Waals surface area contributed by atoms with Crippen LogP contribution in [0.15, 0.2) is 0 Å². The Labute approximate surface area is 119 Å². The summed E-state index contributed by atoms with van der Waals surface area (Å²) in [5, 5.41) is 6.87. The first-order valence-electron chi connectivity index (χ1n) is 7.59. The van der Waals surface area contributed by atoms with Gasteiger partial charge in [-0.25, -0.2) is 4.98 Å². The Morgan fingerprint density at radius 3 is 3.00 bits per heavy atom. The maximum atomic E-state index is 12.5. The van der Waals surface area contributed by atoms with Crippen LogP contribution in [0.1, 0.15) is 42.6 Å². The van der Waals surface area contributed by atoms with Crippen LogP contribution >= 0.6 is 0 Å². The van der Waals surface area contributed by atoms with Gasteiger partial charge in [-0.15, -0.1) is 5.10 Å². The normalized spacial score (nSPS) is 27.4. The van der Waals surface area contributed by atoms with Crippen LogP contribution in [0.25, 0.3) is 0 Å². The number of aromatic nitrogens is 3. The predicted molar refractivity (Wildman–Crippen MR) is 75.4 cm³/mol. The maximum Gasteiger partial charge on any atom is 0.293 e. The molecule has 6 heteroatoms. The number of rotatable bonds is 2. The molecule has 0 saturated carbocycles. The summed E-state index contributed by atoms with van der Waals surface area (Å²) in [7, 11) is 2.21. The third-order valence-corrected chi connectivity index (χ3v) is 4.69. The van der Waals surface area contributed by atoms with E-state index in [1.807, 2.05) is 11.8 Å². The molecule has 1 aromatic rings. The number of amides is 1. The highest BCUT2D eigenvalue weighted by Gasteiger charge is 2.36. The fourth-order valence-electron chi connectivity index (χ4n) is 3.53. The zero-order valence-electron chi connectivity index (χ0n) is 12.3. The molecule has 2 atom stereocenters. The zero-order chi connectivity index (χ0) is 14.1. The van der Waals surface area contributed by atoms with Crippen LogP contribution < -0.4 is 0 Å². The zero-order valence-corrected chi connectivity index (χ0v) is 12.3. The topological polar surface area (TPSA) is 65.1 Å². The van der Waals surface area contributed by atoms with Gasteiger partial charge in [0.25, 0.3) is 5.91 Å². The molecule has 0 bridgehead atoms. The van der Waals surface area contributed by atoms with Crippen molar-refractivity contribution in [2.24, 2.45) is 5.92 Å². The van der Waals surface area contributed by atoms with Crippen molar-refractivity contribution in [1.29, 1.82) is 0 Å². The summed E-state index contributed by atoms with van der Waals surface area (Å²) in [5.41, 5.74) is 0. The van der Waals surface area contributed by atoms with E-state index in [9.17, 15) is 4.79 Å². The van der Waals surface area contributed by atoms with Crippen LogP contribution in [0.2, 0.25) is 0 Å². The largest absolute Gasteiger partial charge is 0.335 e. The lowest BCUT2D eigenvalue weighted by Crippen LogP contribution is -2.54. The SMILES string of the molecule is CCc1nc(C(=O)N2CCC3C(CCCN3C)C2)n[nH]1. The first-order chi connectivity index (χ1) is 9.69. The number of nitrogens with zero attached hydrogens (tertiary/aromatic N) is 4. The van der Waals surface area contributed by atoms with Gasteiger partial charge >= 0.3 is 0 Å². The van der Waals surface area contributed by atoms with E-state index in [0.29, 0.717) is 17.8 Å². The summed E-state index contributed by atoms with van der Waals surface area (Å²) < 4.78 is 0. The lowest BCUT2D eigenvalue weighted by atomic mass is 9.84. The molecular weight excluding hydrogens is 254 g/mol. The van der Waals surface area contributed by atoms with Crippen molar-refractivity contribution in [3.63, 3.8) is 0 Å². The molecule has 1 amide bonds. The number of aryl methyl sites for hydroxylation is 1. The number of aromatic amines is 1. The molecule has 0 radical (unpaired) electrons. The van der Waals surface area contributed by atoms with Crippen LogP contribution in [0.5, 0.6) is 0 Å². The van der Waals surface area contributed by atoms with Gasteiger partial charge in [0.1, 0.15) is 5.82 Å². The highest BCUT2D eigenvalue weighted by Crippen LogP contribution is 2.29. The number of likely N-dealkylation sites (tertiary alicyclic amines) is 2. The smallest absolute Gasteiger partial charge is 0.293 e. The summed E-state index contributed by atoms with van der Waals surface area (Å²) in [6.07, 6.45) is 4.31. The molecule has 0 spiro atoms. The number of piperidine rings is 2. The van der Waals surface area contributed by atoms with Crippen molar-refractivity contribution in [2.75, 3.05) is 26.7 Å². The van der Waals surface area contributed by atoms with Crippen LogP contribution in [0.3, 0.4) is 0 Å². The third kappa shape index (κ3) is 2.44. The molecule has 6 nitrogen and oxygen atoms in total. The Bertz CT molecular complexity index is 486. The molecule has 3 heterocycles. The van der Waals surface area contributed by atoms with Crippen LogP contribution in [-0.2, 0) is 6.42 Å². The van der Waals surface area contributed by atoms with Gasteiger partial charge < -0.3 is 9.80 Å². The van der Waals surface area contributed by atoms with Gasteiger partial charge in [-0.2, -0.15) is 0 Å². The van der Waals surface area contributed by atoms with E-state index in [1.165, 1.54) is 19.4 Å². The van der Waals surface area contributed by atoms with Crippen molar-refractivity contribution in [2.45, 2.75) is 38.6 Å². The van der Waals surface area contributed by atoms with E-state index >= 15 is 0 Å². The number of carbonyl (C=O) groups is 1. The molecule has 20 heavy (non-hydrogen) atoms. The summed E-state index contributed by atoms with van der Waals surface area (Å²) in [6, 6.07) is 0.645. The average Bonchev–Trinajstić information content (AvgIpc) is 2.95. The molecule has 2 saturated heterocycles. The number of nitrogens with one attached hydrogen (secondary N) is 1. The Kier molecular flexibility index (Phi) is 3.74. The molecule has 3 rings (SSSR count). The Morgan fingerprint density at radius 1 is 1.40 bits per heavy atom. The van der Waals surface area contributed by atoms with Crippen molar-refractivity contribution in [3.05, 3.63) is 11.6 Å². The minimum absolute atomic E-state index is 0.0207. The van der Waals surface area contributed by atoms with Gasteiger partial charge in [0.05, 0.1) is 0 Å². The van der Waals surface area contributed by atoms with Crippen LogP contribution in [0, 0.1) is 5.92 Å². The van der Waals surface area contributed by atoms with Crippen molar-refractivity contribution >= 4 is 5.91 Å². The quantitative estimate of drug-likeness (QED) is 0.873. The second kappa shape index (κ2) is 5.52. The van der Waals surface area contributed by atoms with Gasteiger partial charge in [-0.3, -0.25) is 9.89 Å². The fourth-order valence-corrected chi connectivity index (χ4v) is 3.53. The average molecular weight is 277 g/mol. The molecule has 2 fully saturated rings. The summed E-state index contributed by atoms with van der Waals surface area (Å²) >= 11 is 0. The highest BCUT2D eigenvalue weighted by molar-refractivity contribution is 5.90. The van der Waals surface area contributed by atoms with Crippen molar-refractivity contribution < 1.29 is 4.79 Å². The van der Waals surface area contributed by atoms with Gasteiger partial charge in [0, 0.05) is 25.6 Å². The van der Waals surface area contributed by atoms with E-state index < -0.39 is 0 Å². The first-order valence-corrected chi connectivity index (χ1v) is 7.59. The second-order valence-corrected chi connectivity index (χ2v) is 5.95. The second-order valence-electron chi connectivity index (χ2n) is 5.95. The minimum Gasteiger partial charge on any atom is -0.335 e. The lowest BCUT2D eigenvalue weighted by molar-refractivity contribution is 0.0309. The number of H-pyrrole nitrogens is 1.